The molecular weight excluding hydrogens is 499 g/mol. The molecule has 2 heterocycles. The van der Waals surface area contributed by atoms with Crippen molar-refractivity contribution in [1.29, 1.82) is 0 Å². The third kappa shape index (κ3) is 5.45. The number of nitrogens with one attached hydrogen (secondary N) is 2. The first-order valence-corrected chi connectivity index (χ1v) is 12.2. The molecule has 0 saturated heterocycles. The zero-order valence-electron chi connectivity index (χ0n) is 21.0. The van der Waals surface area contributed by atoms with Crippen LogP contribution in [0.2, 0.25) is 0 Å². The summed E-state index contributed by atoms with van der Waals surface area (Å²) in [6, 6.07) is 17.6. The van der Waals surface area contributed by atoms with Crippen LogP contribution < -0.4 is 21.1 Å². The maximum atomic E-state index is 13.1. The van der Waals surface area contributed by atoms with Crippen molar-refractivity contribution in [3.05, 3.63) is 90.6 Å². The number of halogens is 1. The quantitative estimate of drug-likeness (QED) is 0.222. The predicted octanol–water partition coefficient (Wildman–Crippen LogP) is 4.92. The van der Waals surface area contributed by atoms with E-state index in [2.05, 4.69) is 25.6 Å². The number of nitrogens with zero attached hydrogens (tertiary/aromatic N) is 3. The Kier molecular flexibility index (Phi) is 7.00. The number of benzene rings is 2. The minimum atomic E-state index is -1.15. The van der Waals surface area contributed by atoms with Gasteiger partial charge >= 0.3 is 0 Å². The first-order valence-electron chi connectivity index (χ1n) is 12.2. The van der Waals surface area contributed by atoms with Crippen LogP contribution in [-0.2, 0) is 9.59 Å². The number of amides is 2. The number of allylic oxidation sites excluding steroid dienone is 1. The Morgan fingerprint density at radius 1 is 0.974 bits per heavy atom. The van der Waals surface area contributed by atoms with Gasteiger partial charge in [-0.15, -0.1) is 0 Å². The molecule has 9 nitrogen and oxygen atoms in total. The zero-order chi connectivity index (χ0) is 27.4. The summed E-state index contributed by atoms with van der Waals surface area (Å²) in [4.78, 5) is 38.8. The van der Waals surface area contributed by atoms with Gasteiger partial charge in [-0.3, -0.25) is 19.6 Å². The fourth-order valence-corrected chi connectivity index (χ4v) is 4.03. The van der Waals surface area contributed by atoms with E-state index in [1.807, 2.05) is 12.1 Å². The highest BCUT2D eigenvalue weighted by atomic mass is 19.1. The summed E-state index contributed by atoms with van der Waals surface area (Å²) >= 11 is 0. The Labute approximate surface area is 223 Å². The summed E-state index contributed by atoms with van der Waals surface area (Å²) in [5.74, 6) is -0.199. The number of anilines is 2. The van der Waals surface area contributed by atoms with Gasteiger partial charge < -0.3 is 21.1 Å². The summed E-state index contributed by atoms with van der Waals surface area (Å²) in [5, 5.41) is 5.51. The van der Waals surface area contributed by atoms with Crippen molar-refractivity contribution in [3.8, 4) is 11.5 Å². The molecule has 0 radical (unpaired) electrons. The van der Waals surface area contributed by atoms with Gasteiger partial charge in [-0.25, -0.2) is 9.37 Å². The van der Waals surface area contributed by atoms with E-state index in [1.165, 1.54) is 30.5 Å². The number of aliphatic imine (C=N–C) groups is 1. The molecule has 4 N–H and O–H groups in total. The molecule has 196 valence electrons. The maximum absolute atomic E-state index is 13.1. The van der Waals surface area contributed by atoms with E-state index >= 15 is 0 Å². The molecule has 0 atom stereocenters. The number of pyridine rings is 2. The summed E-state index contributed by atoms with van der Waals surface area (Å²) in [7, 11) is 1.65. The van der Waals surface area contributed by atoms with Gasteiger partial charge in [0.05, 0.1) is 11.2 Å². The van der Waals surface area contributed by atoms with Crippen molar-refractivity contribution in [2.75, 3.05) is 17.7 Å². The van der Waals surface area contributed by atoms with Gasteiger partial charge in [0.1, 0.15) is 22.5 Å². The van der Waals surface area contributed by atoms with E-state index in [1.54, 1.807) is 49.8 Å². The highest BCUT2D eigenvalue weighted by Gasteiger charge is 2.56. The van der Waals surface area contributed by atoms with E-state index < -0.39 is 23.0 Å². The number of hydrogen-bond donors (Lipinski definition) is 3. The predicted molar refractivity (Wildman–Crippen MR) is 148 cm³/mol. The summed E-state index contributed by atoms with van der Waals surface area (Å²) in [5.41, 5.74) is 8.02. The third-order valence-electron chi connectivity index (χ3n) is 6.35. The van der Waals surface area contributed by atoms with Crippen LogP contribution in [0.15, 0.2) is 84.1 Å². The summed E-state index contributed by atoms with van der Waals surface area (Å²) in [6.07, 6.45) is 5.55. The van der Waals surface area contributed by atoms with Crippen molar-refractivity contribution in [1.82, 2.24) is 9.97 Å². The van der Waals surface area contributed by atoms with Crippen LogP contribution in [-0.4, -0.2) is 35.0 Å². The Hall–Kier alpha value is -5.12. The molecule has 1 aliphatic rings. The number of ether oxygens (including phenoxy) is 1. The van der Waals surface area contributed by atoms with Crippen molar-refractivity contribution in [3.63, 3.8) is 0 Å². The molecule has 5 rings (SSSR count). The van der Waals surface area contributed by atoms with E-state index in [9.17, 15) is 14.0 Å². The van der Waals surface area contributed by atoms with Gasteiger partial charge in [-0.2, -0.15) is 0 Å². The second-order valence-corrected chi connectivity index (χ2v) is 9.01. The van der Waals surface area contributed by atoms with Crippen molar-refractivity contribution in [2.24, 2.45) is 16.1 Å². The molecule has 1 fully saturated rings. The molecule has 2 amide bonds. The van der Waals surface area contributed by atoms with Gasteiger partial charge in [-0.05, 0) is 73.5 Å². The lowest BCUT2D eigenvalue weighted by atomic mass is 10.0. The molecule has 1 aliphatic carbocycles. The Morgan fingerprint density at radius 3 is 2.21 bits per heavy atom. The van der Waals surface area contributed by atoms with Crippen LogP contribution in [0.3, 0.4) is 0 Å². The van der Waals surface area contributed by atoms with Gasteiger partial charge in [0, 0.05) is 48.7 Å². The third-order valence-corrected chi connectivity index (χ3v) is 6.35. The van der Waals surface area contributed by atoms with Crippen LogP contribution in [0.25, 0.3) is 16.6 Å². The van der Waals surface area contributed by atoms with Crippen LogP contribution in [0, 0.1) is 11.2 Å². The van der Waals surface area contributed by atoms with Crippen molar-refractivity contribution >= 4 is 46.0 Å². The Bertz CT molecular complexity index is 1600. The number of fused-ring (bicyclic) bond motifs is 1. The largest absolute Gasteiger partial charge is 0.455 e. The van der Waals surface area contributed by atoms with Crippen molar-refractivity contribution in [2.45, 2.75) is 12.8 Å². The molecule has 0 spiro atoms. The average Bonchev–Trinajstić information content (AvgIpc) is 3.77. The van der Waals surface area contributed by atoms with Gasteiger partial charge in [-0.1, -0.05) is 0 Å². The SMILES string of the molecule is CN=CC(=CN)c1ccc2nccc(Oc3ccc(NC(=O)C4(C(=O)Nc5ccc(F)cc5)CC4)cc3)c2n1. The minimum absolute atomic E-state index is 0.396. The second kappa shape index (κ2) is 10.7. The molecular formula is C29H25FN6O3. The zero-order valence-corrected chi connectivity index (χ0v) is 21.0. The topological polar surface area (TPSA) is 132 Å². The van der Waals surface area contributed by atoms with Gasteiger partial charge in [0.2, 0.25) is 11.8 Å². The highest BCUT2D eigenvalue weighted by molar-refractivity contribution is 6.17. The highest BCUT2D eigenvalue weighted by Crippen LogP contribution is 2.47. The number of carbonyl (C=O) groups is 2. The summed E-state index contributed by atoms with van der Waals surface area (Å²) in [6.45, 7) is 0. The van der Waals surface area contributed by atoms with Crippen LogP contribution in [0.5, 0.6) is 11.5 Å². The van der Waals surface area contributed by atoms with E-state index in [0.29, 0.717) is 58.0 Å². The fourth-order valence-electron chi connectivity index (χ4n) is 4.03. The Morgan fingerprint density at radius 2 is 1.62 bits per heavy atom. The monoisotopic (exact) mass is 524 g/mol. The molecule has 0 unspecified atom stereocenters. The molecule has 2 aromatic carbocycles. The molecule has 39 heavy (non-hydrogen) atoms. The van der Waals surface area contributed by atoms with Crippen LogP contribution >= 0.6 is 0 Å². The Balaban J connectivity index is 1.28. The minimum Gasteiger partial charge on any atom is -0.455 e. The average molecular weight is 525 g/mol. The maximum Gasteiger partial charge on any atom is 0.240 e. The lowest BCUT2D eigenvalue weighted by Gasteiger charge is -2.16. The number of hydrogen-bond acceptors (Lipinski definition) is 7. The molecule has 0 bridgehead atoms. The number of nitrogens with two attached hydrogens (primary N) is 1. The van der Waals surface area contributed by atoms with Crippen molar-refractivity contribution < 1.29 is 18.7 Å². The van der Waals surface area contributed by atoms with E-state index in [0.717, 1.165) is 0 Å². The molecule has 2 aromatic heterocycles. The standard InChI is InChI=1S/C29H25FN6O3/c1-32-17-18(16-31)23-10-11-24-26(36-23)25(12-15-33-24)39-22-8-6-21(7-9-22)35-28(38)29(13-14-29)27(37)34-20-4-2-19(30)3-5-20/h2-12,15-17H,13-14,31H2,1H3,(H,34,37)(H,35,38). The molecule has 0 aliphatic heterocycles. The lowest BCUT2D eigenvalue weighted by Crippen LogP contribution is -2.35. The van der Waals surface area contributed by atoms with Gasteiger partial charge in [0.15, 0.2) is 5.75 Å². The first kappa shape index (κ1) is 25.5. The molecule has 4 aromatic rings. The summed E-state index contributed by atoms with van der Waals surface area (Å²) < 4.78 is 19.2. The number of aromatic nitrogens is 2. The van der Waals surface area contributed by atoms with Gasteiger partial charge in [0.25, 0.3) is 0 Å². The molecule has 10 heteroatoms. The normalized spacial score (nSPS) is 14.3. The fraction of sp³-hybridized carbons (Fsp3) is 0.138. The number of rotatable bonds is 8. The second-order valence-electron chi connectivity index (χ2n) is 9.01. The first-order chi connectivity index (χ1) is 18.9. The lowest BCUT2D eigenvalue weighted by molar-refractivity contribution is -0.131. The van der Waals surface area contributed by atoms with Crippen LogP contribution in [0.1, 0.15) is 18.5 Å². The smallest absolute Gasteiger partial charge is 0.240 e. The van der Waals surface area contributed by atoms with E-state index in [-0.39, 0.29) is 0 Å². The van der Waals surface area contributed by atoms with Crippen LogP contribution in [0.4, 0.5) is 15.8 Å². The molecule has 1 saturated carbocycles. The van der Waals surface area contributed by atoms with E-state index in [4.69, 9.17) is 10.5 Å². The number of carbonyl (C=O) groups excluding carboxylic acids is 2.